The number of rotatable bonds is 6. The molecule has 1 amide bonds. The zero-order valence-corrected chi connectivity index (χ0v) is 13.3. The van der Waals surface area contributed by atoms with Gasteiger partial charge in [0.1, 0.15) is 5.82 Å². The first kappa shape index (κ1) is 16.3. The van der Waals surface area contributed by atoms with Crippen LogP contribution in [0.15, 0.2) is 29.2 Å². The van der Waals surface area contributed by atoms with E-state index in [2.05, 4.69) is 5.32 Å². The van der Waals surface area contributed by atoms with Crippen LogP contribution in [0.1, 0.15) is 19.3 Å². The normalized spacial score (nSPS) is 16.2. The maximum atomic E-state index is 12.8. The zero-order valence-electron chi connectivity index (χ0n) is 12.5. The van der Waals surface area contributed by atoms with Gasteiger partial charge in [0.25, 0.3) is 0 Å². The van der Waals surface area contributed by atoms with Crippen molar-refractivity contribution in [1.82, 2.24) is 10.2 Å². The fourth-order valence-electron chi connectivity index (χ4n) is 2.62. The molecule has 0 unspecified atom stereocenters. The molecule has 0 radical (unpaired) electrons. The van der Waals surface area contributed by atoms with E-state index in [9.17, 15) is 9.18 Å². The number of benzene rings is 1. The Morgan fingerprint density at radius 2 is 2.00 bits per heavy atom. The monoisotopic (exact) mass is 310 g/mol. The van der Waals surface area contributed by atoms with Crippen LogP contribution in [0.4, 0.5) is 4.39 Å². The van der Waals surface area contributed by atoms with Crippen LogP contribution in [-0.4, -0.2) is 43.2 Å². The number of carbonyl (C=O) groups is 1. The standard InChI is InChI=1S/C16H23FN2OS/c1-18-12-13-6-9-19(10-7-13)16(20)8-11-21-15-4-2-14(17)3-5-15/h2-5,13,18H,6-12H2,1H3. The summed E-state index contributed by atoms with van der Waals surface area (Å²) in [6, 6.07) is 6.43. The summed E-state index contributed by atoms with van der Waals surface area (Å²) >= 11 is 1.61. The number of likely N-dealkylation sites (tertiary alicyclic amines) is 1. The van der Waals surface area contributed by atoms with Crippen molar-refractivity contribution in [1.29, 1.82) is 0 Å². The number of halogens is 1. The highest BCUT2D eigenvalue weighted by Crippen LogP contribution is 2.21. The molecule has 1 fully saturated rings. The number of nitrogens with one attached hydrogen (secondary N) is 1. The molecule has 1 aromatic rings. The number of hydrogen-bond donors (Lipinski definition) is 1. The predicted octanol–water partition coefficient (Wildman–Crippen LogP) is 2.77. The summed E-state index contributed by atoms with van der Waals surface area (Å²) < 4.78 is 12.8. The van der Waals surface area contributed by atoms with Gasteiger partial charge in [-0.2, -0.15) is 0 Å². The average molecular weight is 310 g/mol. The molecular weight excluding hydrogens is 287 g/mol. The zero-order chi connectivity index (χ0) is 15.1. The highest BCUT2D eigenvalue weighted by atomic mass is 32.2. The topological polar surface area (TPSA) is 32.3 Å². The third-order valence-corrected chi connectivity index (χ3v) is 4.87. The minimum absolute atomic E-state index is 0.222. The van der Waals surface area contributed by atoms with E-state index in [4.69, 9.17) is 0 Å². The fraction of sp³-hybridized carbons (Fsp3) is 0.562. The molecule has 116 valence electrons. The van der Waals surface area contributed by atoms with Crippen LogP contribution in [-0.2, 0) is 4.79 Å². The lowest BCUT2D eigenvalue weighted by Gasteiger charge is -2.32. The van der Waals surface area contributed by atoms with Gasteiger partial charge in [0.05, 0.1) is 0 Å². The summed E-state index contributed by atoms with van der Waals surface area (Å²) in [6.45, 7) is 2.81. The summed E-state index contributed by atoms with van der Waals surface area (Å²) in [6.07, 6.45) is 2.74. The van der Waals surface area contributed by atoms with Gasteiger partial charge in [-0.05, 0) is 56.6 Å². The van der Waals surface area contributed by atoms with Crippen molar-refractivity contribution < 1.29 is 9.18 Å². The predicted molar refractivity (Wildman–Crippen MR) is 85.0 cm³/mol. The molecule has 0 aliphatic carbocycles. The Balaban J connectivity index is 1.67. The van der Waals surface area contributed by atoms with Crippen LogP contribution in [0.2, 0.25) is 0 Å². The molecule has 1 aromatic carbocycles. The molecule has 2 rings (SSSR count). The van der Waals surface area contributed by atoms with Gasteiger partial charge in [0.15, 0.2) is 0 Å². The quantitative estimate of drug-likeness (QED) is 0.820. The van der Waals surface area contributed by atoms with Crippen LogP contribution in [0.25, 0.3) is 0 Å². The number of hydrogen-bond acceptors (Lipinski definition) is 3. The molecule has 0 bridgehead atoms. The minimum atomic E-state index is -0.222. The van der Waals surface area contributed by atoms with Gasteiger partial charge >= 0.3 is 0 Å². The second-order valence-electron chi connectivity index (χ2n) is 5.43. The molecule has 0 saturated carbocycles. The third-order valence-electron chi connectivity index (χ3n) is 3.86. The highest BCUT2D eigenvalue weighted by Gasteiger charge is 2.21. The molecule has 1 aliphatic heterocycles. The summed E-state index contributed by atoms with van der Waals surface area (Å²) in [7, 11) is 1.98. The summed E-state index contributed by atoms with van der Waals surface area (Å²) in [5.74, 6) is 1.47. The lowest BCUT2D eigenvalue weighted by molar-refractivity contribution is -0.132. The summed E-state index contributed by atoms with van der Waals surface area (Å²) in [4.78, 5) is 15.1. The Hall–Kier alpha value is -1.07. The van der Waals surface area contributed by atoms with E-state index < -0.39 is 0 Å². The Bertz CT molecular complexity index is 444. The molecule has 1 heterocycles. The number of thioether (sulfide) groups is 1. The minimum Gasteiger partial charge on any atom is -0.343 e. The van der Waals surface area contributed by atoms with E-state index in [0.717, 1.165) is 43.1 Å². The first-order valence-corrected chi connectivity index (χ1v) is 8.48. The van der Waals surface area contributed by atoms with Gasteiger partial charge in [0, 0.05) is 30.2 Å². The van der Waals surface area contributed by atoms with Crippen LogP contribution >= 0.6 is 11.8 Å². The number of piperidine rings is 1. The Kier molecular flexibility index (Phi) is 6.51. The van der Waals surface area contributed by atoms with Gasteiger partial charge in [-0.15, -0.1) is 11.8 Å². The lowest BCUT2D eigenvalue weighted by Crippen LogP contribution is -2.40. The van der Waals surface area contributed by atoms with Gasteiger partial charge in [-0.25, -0.2) is 4.39 Å². The molecule has 0 spiro atoms. The second kappa shape index (κ2) is 8.39. The van der Waals surface area contributed by atoms with Gasteiger partial charge < -0.3 is 10.2 Å². The first-order chi connectivity index (χ1) is 10.2. The fourth-order valence-corrected chi connectivity index (χ4v) is 3.46. The van der Waals surface area contributed by atoms with Crippen molar-refractivity contribution in [2.75, 3.05) is 32.4 Å². The molecule has 0 atom stereocenters. The third kappa shape index (κ3) is 5.32. The SMILES string of the molecule is CNCC1CCN(C(=O)CCSc2ccc(F)cc2)CC1. The Morgan fingerprint density at radius 1 is 1.33 bits per heavy atom. The summed E-state index contributed by atoms with van der Waals surface area (Å²) in [5.41, 5.74) is 0. The van der Waals surface area contributed by atoms with Crippen molar-refractivity contribution in [3.63, 3.8) is 0 Å². The van der Waals surface area contributed by atoms with Crippen molar-refractivity contribution >= 4 is 17.7 Å². The van der Waals surface area contributed by atoms with E-state index in [1.807, 2.05) is 11.9 Å². The van der Waals surface area contributed by atoms with Gasteiger partial charge in [0.2, 0.25) is 5.91 Å². The number of carbonyl (C=O) groups excluding carboxylic acids is 1. The molecule has 3 nitrogen and oxygen atoms in total. The molecule has 1 N–H and O–H groups in total. The van der Waals surface area contributed by atoms with Crippen molar-refractivity contribution in [2.24, 2.45) is 5.92 Å². The van der Waals surface area contributed by atoms with E-state index in [0.29, 0.717) is 12.3 Å². The number of nitrogens with zero attached hydrogens (tertiary/aromatic N) is 1. The largest absolute Gasteiger partial charge is 0.343 e. The van der Waals surface area contributed by atoms with E-state index >= 15 is 0 Å². The molecule has 5 heteroatoms. The van der Waals surface area contributed by atoms with Crippen LogP contribution in [0, 0.1) is 11.7 Å². The second-order valence-corrected chi connectivity index (χ2v) is 6.60. The lowest BCUT2D eigenvalue weighted by atomic mass is 9.97. The van der Waals surface area contributed by atoms with Crippen LogP contribution in [0.3, 0.4) is 0 Å². The van der Waals surface area contributed by atoms with E-state index in [1.54, 1.807) is 23.9 Å². The molecular formula is C16H23FN2OS. The smallest absolute Gasteiger partial charge is 0.223 e. The molecule has 0 aromatic heterocycles. The first-order valence-electron chi connectivity index (χ1n) is 7.50. The van der Waals surface area contributed by atoms with Crippen molar-refractivity contribution in [3.8, 4) is 0 Å². The molecule has 1 aliphatic rings. The van der Waals surface area contributed by atoms with Crippen molar-refractivity contribution in [3.05, 3.63) is 30.1 Å². The number of amides is 1. The maximum absolute atomic E-state index is 12.8. The molecule has 21 heavy (non-hydrogen) atoms. The van der Waals surface area contributed by atoms with E-state index in [-0.39, 0.29) is 11.7 Å². The summed E-state index contributed by atoms with van der Waals surface area (Å²) in [5, 5.41) is 3.20. The van der Waals surface area contributed by atoms with E-state index in [1.165, 1.54) is 12.1 Å². The maximum Gasteiger partial charge on any atom is 0.223 e. The van der Waals surface area contributed by atoms with Gasteiger partial charge in [-0.3, -0.25) is 4.79 Å². The van der Waals surface area contributed by atoms with Crippen LogP contribution in [0.5, 0.6) is 0 Å². The highest BCUT2D eigenvalue weighted by molar-refractivity contribution is 7.99. The average Bonchev–Trinajstić information content (AvgIpc) is 2.50. The Morgan fingerprint density at radius 3 is 2.62 bits per heavy atom. The van der Waals surface area contributed by atoms with Crippen LogP contribution < -0.4 is 5.32 Å². The Labute approximate surface area is 130 Å². The molecule has 1 saturated heterocycles. The van der Waals surface area contributed by atoms with Crippen molar-refractivity contribution in [2.45, 2.75) is 24.2 Å². The van der Waals surface area contributed by atoms with Gasteiger partial charge in [-0.1, -0.05) is 0 Å².